The summed E-state index contributed by atoms with van der Waals surface area (Å²) in [5, 5.41) is 10.7. The number of hydrogen-bond acceptors (Lipinski definition) is 11. The number of esters is 1. The van der Waals surface area contributed by atoms with Gasteiger partial charge in [0.15, 0.2) is 0 Å². The van der Waals surface area contributed by atoms with Crippen LogP contribution in [0.1, 0.15) is 36.0 Å². The molecular formula is C20H26N3O9P. The van der Waals surface area contributed by atoms with E-state index in [2.05, 4.69) is 4.98 Å². The first kappa shape index (κ1) is 23.7. The summed E-state index contributed by atoms with van der Waals surface area (Å²) in [6, 6.07) is 8.04. The zero-order valence-electron chi connectivity index (χ0n) is 18.0. The standard InChI is InChI=1S/C20H26N3O9P/c1-11(2)30-19(25)13-6-4-3-5-12(13)9-28-33(27)29-10-14-17(32-33)16(24)18(31-14)23-8-7-15(21)22-20(23)26/h3-8,11,14,16-18,24,27,33H,9-10H2,1-2H3,(H2,21,22,26)/t14-,16+,17-,18-/m1/s1. The van der Waals surface area contributed by atoms with Crippen LogP contribution in [0, 0.1) is 0 Å². The van der Waals surface area contributed by atoms with Gasteiger partial charge in [0.2, 0.25) is 0 Å². The fourth-order valence-corrected chi connectivity index (χ4v) is 5.18. The molecule has 0 amide bonds. The van der Waals surface area contributed by atoms with E-state index in [0.717, 1.165) is 4.57 Å². The van der Waals surface area contributed by atoms with Crippen molar-refractivity contribution >= 4 is 20.0 Å². The Hall–Kier alpha value is -2.44. The molecule has 2 aliphatic heterocycles. The molecule has 3 heterocycles. The number of nitrogen functional groups attached to an aromatic ring is 1. The second kappa shape index (κ2) is 9.43. The van der Waals surface area contributed by atoms with Gasteiger partial charge in [-0.05, 0) is 0 Å². The molecule has 1 aromatic carbocycles. The molecule has 0 saturated carbocycles. The molecule has 0 radical (unpaired) electrons. The summed E-state index contributed by atoms with van der Waals surface area (Å²) in [6.07, 6.45) is -3.12. The fraction of sp³-hybridized carbons (Fsp3) is 0.450. The number of carbonyl (C=O) groups is 1. The van der Waals surface area contributed by atoms with E-state index in [0.29, 0.717) is 5.56 Å². The van der Waals surface area contributed by atoms with Crippen LogP contribution in [-0.4, -0.2) is 56.5 Å². The normalized spacial score (nSPS) is 27.2. The molecule has 13 heteroatoms. The third kappa shape index (κ3) is 5.07. The summed E-state index contributed by atoms with van der Waals surface area (Å²) in [5.41, 5.74) is 5.56. The zero-order valence-corrected chi connectivity index (χ0v) is 19.0. The molecular weight excluding hydrogens is 457 g/mol. The molecule has 0 aliphatic carbocycles. The minimum absolute atomic E-state index is 0.0356. The number of hydrogen-bond donors (Lipinski definition) is 3. The number of benzene rings is 1. The van der Waals surface area contributed by atoms with Crippen molar-refractivity contribution in [1.82, 2.24) is 9.55 Å². The number of carbonyl (C=O) groups excluding carboxylic acids is 1. The van der Waals surface area contributed by atoms with Crippen molar-refractivity contribution in [1.29, 1.82) is 0 Å². The molecule has 0 unspecified atom stereocenters. The van der Waals surface area contributed by atoms with Crippen LogP contribution in [-0.2, 0) is 29.7 Å². The first-order valence-corrected chi connectivity index (χ1v) is 12.0. The number of aliphatic hydroxyl groups is 1. The Kier molecular flexibility index (Phi) is 6.78. The van der Waals surface area contributed by atoms with E-state index < -0.39 is 44.4 Å². The molecule has 1 aromatic heterocycles. The van der Waals surface area contributed by atoms with Crippen LogP contribution >= 0.6 is 8.17 Å². The summed E-state index contributed by atoms with van der Waals surface area (Å²) in [6.45, 7) is 3.16. The van der Waals surface area contributed by atoms with Gasteiger partial charge in [0.1, 0.15) is 0 Å². The molecule has 4 atom stereocenters. The number of aromatic nitrogens is 2. The van der Waals surface area contributed by atoms with E-state index in [4.69, 9.17) is 28.8 Å². The maximum absolute atomic E-state index is 12.3. The molecule has 0 spiro atoms. The van der Waals surface area contributed by atoms with Crippen LogP contribution in [0.4, 0.5) is 5.82 Å². The summed E-state index contributed by atoms with van der Waals surface area (Å²) >= 11 is 0. The predicted octanol–water partition coefficient (Wildman–Crippen LogP) is 0.683. The molecule has 4 N–H and O–H groups in total. The van der Waals surface area contributed by atoms with Crippen molar-refractivity contribution in [2.24, 2.45) is 0 Å². The Labute approximate surface area is 189 Å². The van der Waals surface area contributed by atoms with Gasteiger partial charge in [-0.15, -0.1) is 0 Å². The monoisotopic (exact) mass is 483 g/mol. The Morgan fingerprint density at radius 1 is 1.36 bits per heavy atom. The average molecular weight is 483 g/mol. The number of ether oxygens (including phenoxy) is 2. The predicted molar refractivity (Wildman–Crippen MR) is 116 cm³/mol. The number of nitrogens with zero attached hydrogens (tertiary/aromatic N) is 2. The van der Waals surface area contributed by atoms with Gasteiger partial charge in [-0.25, -0.2) is 0 Å². The summed E-state index contributed by atoms with van der Waals surface area (Å²) in [4.78, 5) is 38.9. The number of nitrogens with two attached hydrogens (primary N) is 1. The van der Waals surface area contributed by atoms with Gasteiger partial charge in [-0.1, -0.05) is 0 Å². The molecule has 12 nitrogen and oxygen atoms in total. The Bertz CT molecular complexity index is 1080. The first-order chi connectivity index (χ1) is 15.7. The van der Waals surface area contributed by atoms with Gasteiger partial charge in [-0.2, -0.15) is 0 Å². The number of fused-ring (bicyclic) bond motifs is 1. The van der Waals surface area contributed by atoms with Gasteiger partial charge in [-0.3, -0.25) is 0 Å². The minimum atomic E-state index is -4.20. The maximum atomic E-state index is 12.3. The molecule has 2 aromatic rings. The first-order valence-electron chi connectivity index (χ1n) is 10.3. The van der Waals surface area contributed by atoms with Crippen LogP contribution in [0.5, 0.6) is 0 Å². The Morgan fingerprint density at radius 3 is 2.85 bits per heavy atom. The average Bonchev–Trinajstić information content (AvgIpc) is 3.07. The number of rotatable bonds is 6. The van der Waals surface area contributed by atoms with Crippen molar-refractivity contribution in [3.8, 4) is 0 Å². The van der Waals surface area contributed by atoms with E-state index in [-0.39, 0.29) is 30.7 Å². The summed E-state index contributed by atoms with van der Waals surface area (Å²) in [5.74, 6) is -0.484. The van der Waals surface area contributed by atoms with Crippen LogP contribution < -0.4 is 11.4 Å². The van der Waals surface area contributed by atoms with Gasteiger partial charge in [0, 0.05) is 0 Å². The van der Waals surface area contributed by atoms with Crippen LogP contribution in [0.2, 0.25) is 0 Å². The zero-order chi connectivity index (χ0) is 23.8. The van der Waals surface area contributed by atoms with E-state index in [1.165, 1.54) is 12.3 Å². The number of aliphatic hydroxyl groups excluding tert-OH is 1. The van der Waals surface area contributed by atoms with Crippen LogP contribution in [0.3, 0.4) is 0 Å². The summed E-state index contributed by atoms with van der Waals surface area (Å²) in [7, 11) is -4.20. The van der Waals surface area contributed by atoms with E-state index >= 15 is 0 Å². The fourth-order valence-electron chi connectivity index (χ4n) is 3.61. The SMILES string of the molecule is CC(C)OC(=O)c1ccccc1CO[PH]1(O)OC[C@H]2O[C@@H](n3ccc(N)nc3=O)[C@@H](O)[C@@H]2O1. The molecule has 4 rings (SSSR count). The molecule has 2 fully saturated rings. The van der Waals surface area contributed by atoms with Crippen molar-refractivity contribution in [2.75, 3.05) is 12.3 Å². The molecule has 180 valence electrons. The molecule has 2 aliphatic rings. The van der Waals surface area contributed by atoms with E-state index in [9.17, 15) is 19.6 Å². The van der Waals surface area contributed by atoms with E-state index in [1.807, 2.05) is 0 Å². The second-order valence-electron chi connectivity index (χ2n) is 7.92. The van der Waals surface area contributed by atoms with Crippen LogP contribution in [0.25, 0.3) is 0 Å². The number of anilines is 1. The quantitative estimate of drug-likeness (QED) is 0.391. The van der Waals surface area contributed by atoms with Gasteiger partial charge < -0.3 is 0 Å². The Balaban J connectivity index is 1.45. The van der Waals surface area contributed by atoms with Gasteiger partial charge >= 0.3 is 189 Å². The van der Waals surface area contributed by atoms with Crippen molar-refractivity contribution in [3.05, 3.63) is 58.1 Å². The van der Waals surface area contributed by atoms with E-state index in [1.54, 1.807) is 38.1 Å². The third-order valence-electron chi connectivity index (χ3n) is 5.14. The van der Waals surface area contributed by atoms with Crippen molar-refractivity contribution in [2.45, 2.75) is 51.1 Å². The molecule has 0 bridgehead atoms. The second-order valence-corrected chi connectivity index (χ2v) is 9.78. The third-order valence-corrected chi connectivity index (χ3v) is 6.75. The topological polar surface area (TPSA) is 165 Å². The van der Waals surface area contributed by atoms with Crippen molar-refractivity contribution < 1.29 is 37.8 Å². The Morgan fingerprint density at radius 2 is 2.12 bits per heavy atom. The van der Waals surface area contributed by atoms with Gasteiger partial charge in [0.05, 0.1) is 0 Å². The van der Waals surface area contributed by atoms with Crippen LogP contribution in [0.15, 0.2) is 41.3 Å². The van der Waals surface area contributed by atoms with Crippen molar-refractivity contribution in [3.63, 3.8) is 0 Å². The van der Waals surface area contributed by atoms with Gasteiger partial charge in [0.25, 0.3) is 0 Å². The molecule has 33 heavy (non-hydrogen) atoms. The molecule has 2 saturated heterocycles. The summed E-state index contributed by atoms with van der Waals surface area (Å²) < 4.78 is 28.6.